The molecule has 0 aromatic carbocycles. The molecule has 0 aliphatic heterocycles. The Morgan fingerprint density at radius 1 is 1.50 bits per heavy atom. The second kappa shape index (κ2) is 7.69. The van der Waals surface area contributed by atoms with E-state index in [1.165, 1.54) is 12.8 Å². The molecule has 0 bridgehead atoms. The maximum Gasteiger partial charge on any atom is 0.222 e. The summed E-state index contributed by atoms with van der Waals surface area (Å²) >= 11 is 0. The Kier molecular flexibility index (Phi) is 7.43. The smallest absolute Gasteiger partial charge is 0.222 e. The second-order valence-electron chi connectivity index (χ2n) is 4.48. The highest BCUT2D eigenvalue weighted by atomic mass is 35.5. The predicted molar refractivity (Wildman–Crippen MR) is 69.6 cm³/mol. The molecule has 1 saturated carbocycles. The van der Waals surface area contributed by atoms with E-state index in [2.05, 4.69) is 6.58 Å². The molecule has 0 radical (unpaired) electrons. The third-order valence-electron chi connectivity index (χ3n) is 3.23. The molecule has 0 heterocycles. The molecule has 0 aromatic rings. The normalized spacial score (nSPS) is 24.4. The number of carbonyl (C=O) groups excluding carboxylic acids is 1. The molecule has 2 atom stereocenters. The van der Waals surface area contributed by atoms with E-state index in [-0.39, 0.29) is 24.4 Å². The third-order valence-corrected chi connectivity index (χ3v) is 3.23. The molecular weight excluding hydrogens is 224 g/mol. The SMILES string of the molecule is C=CCN(C)C(=O)CC1CCCCC1N.Cl. The van der Waals surface area contributed by atoms with Crippen LogP contribution in [0, 0.1) is 5.92 Å². The quantitative estimate of drug-likeness (QED) is 0.771. The fourth-order valence-electron chi connectivity index (χ4n) is 2.17. The Morgan fingerprint density at radius 2 is 2.12 bits per heavy atom. The average Bonchev–Trinajstić information content (AvgIpc) is 2.21. The zero-order valence-corrected chi connectivity index (χ0v) is 10.8. The van der Waals surface area contributed by atoms with Gasteiger partial charge >= 0.3 is 0 Å². The molecular formula is C12H23ClN2O. The lowest BCUT2D eigenvalue weighted by Crippen LogP contribution is -2.37. The second-order valence-corrected chi connectivity index (χ2v) is 4.48. The van der Waals surface area contributed by atoms with E-state index in [1.54, 1.807) is 11.0 Å². The average molecular weight is 247 g/mol. The minimum Gasteiger partial charge on any atom is -0.342 e. The number of amides is 1. The van der Waals surface area contributed by atoms with Crippen LogP contribution in [0.4, 0.5) is 0 Å². The zero-order chi connectivity index (χ0) is 11.3. The van der Waals surface area contributed by atoms with Crippen molar-refractivity contribution in [3.05, 3.63) is 12.7 Å². The lowest BCUT2D eigenvalue weighted by atomic mass is 9.83. The molecule has 4 heteroatoms. The highest BCUT2D eigenvalue weighted by molar-refractivity contribution is 5.85. The van der Waals surface area contributed by atoms with Crippen LogP contribution in [0.3, 0.4) is 0 Å². The van der Waals surface area contributed by atoms with Crippen molar-refractivity contribution in [3.8, 4) is 0 Å². The van der Waals surface area contributed by atoms with Gasteiger partial charge in [0.15, 0.2) is 0 Å². The van der Waals surface area contributed by atoms with Crippen LogP contribution in [0.15, 0.2) is 12.7 Å². The monoisotopic (exact) mass is 246 g/mol. The van der Waals surface area contributed by atoms with E-state index in [0.29, 0.717) is 18.9 Å². The lowest BCUT2D eigenvalue weighted by Gasteiger charge is -2.29. The van der Waals surface area contributed by atoms with Gasteiger partial charge in [-0.15, -0.1) is 19.0 Å². The first kappa shape index (κ1) is 15.5. The summed E-state index contributed by atoms with van der Waals surface area (Å²) < 4.78 is 0. The minimum atomic E-state index is 0. The van der Waals surface area contributed by atoms with Crippen molar-refractivity contribution in [3.63, 3.8) is 0 Å². The number of nitrogens with two attached hydrogens (primary N) is 1. The van der Waals surface area contributed by atoms with Crippen molar-refractivity contribution in [2.75, 3.05) is 13.6 Å². The summed E-state index contributed by atoms with van der Waals surface area (Å²) in [6, 6.07) is 0.222. The standard InChI is InChI=1S/C12H22N2O.ClH/c1-3-8-14(2)12(15)9-10-6-4-5-7-11(10)13;/h3,10-11H,1,4-9,13H2,2H3;1H. The Balaban J connectivity index is 0.00000225. The van der Waals surface area contributed by atoms with Gasteiger partial charge in [0.25, 0.3) is 0 Å². The maximum absolute atomic E-state index is 11.8. The summed E-state index contributed by atoms with van der Waals surface area (Å²) in [4.78, 5) is 13.5. The van der Waals surface area contributed by atoms with Gasteiger partial charge in [0.05, 0.1) is 0 Å². The Bertz CT molecular complexity index is 233. The van der Waals surface area contributed by atoms with Crippen molar-refractivity contribution in [2.24, 2.45) is 11.7 Å². The van der Waals surface area contributed by atoms with Crippen LogP contribution in [0.2, 0.25) is 0 Å². The first-order chi connectivity index (χ1) is 7.15. The van der Waals surface area contributed by atoms with Gasteiger partial charge in [-0.1, -0.05) is 18.9 Å². The number of hydrogen-bond acceptors (Lipinski definition) is 2. The van der Waals surface area contributed by atoms with E-state index < -0.39 is 0 Å². The fourth-order valence-corrected chi connectivity index (χ4v) is 2.17. The van der Waals surface area contributed by atoms with Crippen LogP contribution in [0.25, 0.3) is 0 Å². The molecule has 1 aliphatic rings. The van der Waals surface area contributed by atoms with Crippen molar-refractivity contribution in [1.82, 2.24) is 4.90 Å². The number of nitrogens with zero attached hydrogens (tertiary/aromatic N) is 1. The first-order valence-corrected chi connectivity index (χ1v) is 5.75. The summed E-state index contributed by atoms with van der Waals surface area (Å²) in [5, 5.41) is 0. The van der Waals surface area contributed by atoms with Gasteiger partial charge in [0.2, 0.25) is 5.91 Å². The summed E-state index contributed by atoms with van der Waals surface area (Å²) in [7, 11) is 1.82. The summed E-state index contributed by atoms with van der Waals surface area (Å²) in [5.41, 5.74) is 6.01. The first-order valence-electron chi connectivity index (χ1n) is 5.75. The number of halogens is 1. The molecule has 16 heavy (non-hydrogen) atoms. The van der Waals surface area contributed by atoms with Crippen LogP contribution in [0.1, 0.15) is 32.1 Å². The predicted octanol–water partition coefficient (Wildman–Crippen LogP) is 1.96. The minimum absolute atomic E-state index is 0. The van der Waals surface area contributed by atoms with E-state index >= 15 is 0 Å². The van der Waals surface area contributed by atoms with E-state index in [0.717, 1.165) is 12.8 Å². The maximum atomic E-state index is 11.8. The van der Waals surface area contributed by atoms with Crippen LogP contribution in [-0.2, 0) is 4.79 Å². The van der Waals surface area contributed by atoms with E-state index in [9.17, 15) is 4.79 Å². The van der Waals surface area contributed by atoms with E-state index in [4.69, 9.17) is 5.73 Å². The number of hydrogen-bond donors (Lipinski definition) is 1. The van der Waals surface area contributed by atoms with Gasteiger partial charge < -0.3 is 10.6 Å². The lowest BCUT2D eigenvalue weighted by molar-refractivity contribution is -0.130. The summed E-state index contributed by atoms with van der Waals surface area (Å²) in [6.45, 7) is 4.25. The van der Waals surface area contributed by atoms with Crippen LogP contribution >= 0.6 is 12.4 Å². The highest BCUT2D eigenvalue weighted by Crippen LogP contribution is 2.25. The number of likely N-dealkylation sites (N-methyl/N-ethyl adjacent to an activating group) is 1. The van der Waals surface area contributed by atoms with Crippen molar-refractivity contribution in [1.29, 1.82) is 0 Å². The van der Waals surface area contributed by atoms with Gasteiger partial charge in [0.1, 0.15) is 0 Å². The molecule has 1 rings (SSSR count). The molecule has 94 valence electrons. The van der Waals surface area contributed by atoms with Gasteiger partial charge in [-0.25, -0.2) is 0 Å². The van der Waals surface area contributed by atoms with Gasteiger partial charge in [0, 0.05) is 26.1 Å². The molecule has 1 amide bonds. The van der Waals surface area contributed by atoms with Gasteiger partial charge in [-0.2, -0.15) is 0 Å². The van der Waals surface area contributed by atoms with Crippen molar-refractivity contribution >= 4 is 18.3 Å². The highest BCUT2D eigenvalue weighted by Gasteiger charge is 2.24. The van der Waals surface area contributed by atoms with Crippen molar-refractivity contribution < 1.29 is 4.79 Å². The Labute approximate surface area is 104 Å². The van der Waals surface area contributed by atoms with Crippen molar-refractivity contribution in [2.45, 2.75) is 38.1 Å². The van der Waals surface area contributed by atoms with Crippen LogP contribution in [-0.4, -0.2) is 30.4 Å². The molecule has 0 aromatic heterocycles. The molecule has 1 fully saturated rings. The van der Waals surface area contributed by atoms with Gasteiger partial charge in [-0.05, 0) is 18.8 Å². The number of rotatable bonds is 4. The molecule has 2 N–H and O–H groups in total. The third kappa shape index (κ3) is 4.54. The molecule has 0 spiro atoms. The topological polar surface area (TPSA) is 46.3 Å². The number of carbonyl (C=O) groups is 1. The summed E-state index contributed by atoms with van der Waals surface area (Å²) in [5.74, 6) is 0.579. The molecule has 2 unspecified atom stereocenters. The Morgan fingerprint density at radius 3 is 2.69 bits per heavy atom. The van der Waals surface area contributed by atoms with E-state index in [1.807, 2.05) is 7.05 Å². The summed E-state index contributed by atoms with van der Waals surface area (Å²) in [6.07, 6.45) is 6.97. The molecule has 3 nitrogen and oxygen atoms in total. The fraction of sp³-hybridized carbons (Fsp3) is 0.750. The zero-order valence-electron chi connectivity index (χ0n) is 10.0. The Hall–Kier alpha value is -0.540. The largest absolute Gasteiger partial charge is 0.342 e. The van der Waals surface area contributed by atoms with Gasteiger partial charge in [-0.3, -0.25) is 4.79 Å². The molecule has 0 saturated heterocycles. The van der Waals surface area contributed by atoms with Crippen LogP contribution in [0.5, 0.6) is 0 Å². The molecule has 1 aliphatic carbocycles. The van der Waals surface area contributed by atoms with Crippen LogP contribution < -0.4 is 5.73 Å².